The Labute approximate surface area is 122 Å². The quantitative estimate of drug-likeness (QED) is 0.886. The number of hydrogen-bond acceptors (Lipinski definition) is 4. The molecule has 6 heteroatoms. The summed E-state index contributed by atoms with van der Waals surface area (Å²) < 4.78 is 5.44. The summed E-state index contributed by atoms with van der Waals surface area (Å²) >= 11 is 11.9. The first-order chi connectivity index (χ1) is 9.10. The fourth-order valence-electron chi connectivity index (χ4n) is 2.12. The minimum absolute atomic E-state index is 0.286. The fraction of sp³-hybridized carbons (Fsp3) is 0.538. The minimum atomic E-state index is -0.836. The molecule has 0 aromatic heterocycles. The molecule has 19 heavy (non-hydrogen) atoms. The summed E-state index contributed by atoms with van der Waals surface area (Å²) in [7, 11) is 0. The van der Waals surface area contributed by atoms with Gasteiger partial charge in [0.05, 0.1) is 29.4 Å². The summed E-state index contributed by atoms with van der Waals surface area (Å²) in [5.41, 5.74) is 1.06. The second-order valence-corrected chi connectivity index (χ2v) is 5.46. The molecule has 2 rings (SSSR count). The Hall–Kier alpha value is -0.360. The van der Waals surface area contributed by atoms with Crippen molar-refractivity contribution in [3.8, 4) is 0 Å². The maximum absolute atomic E-state index is 9.61. The van der Waals surface area contributed by atoms with E-state index in [9.17, 15) is 5.11 Å². The average Bonchev–Trinajstić information content (AvgIpc) is 2.42. The maximum atomic E-state index is 9.61. The van der Waals surface area contributed by atoms with Gasteiger partial charge in [-0.1, -0.05) is 29.3 Å². The lowest BCUT2D eigenvalue weighted by atomic mass is 10.1. The van der Waals surface area contributed by atoms with Gasteiger partial charge in [-0.3, -0.25) is 4.90 Å². The van der Waals surface area contributed by atoms with Crippen LogP contribution in [0.2, 0.25) is 10.0 Å². The van der Waals surface area contributed by atoms with Gasteiger partial charge in [-0.15, -0.1) is 0 Å². The number of aliphatic hydroxyl groups is 2. The summed E-state index contributed by atoms with van der Waals surface area (Å²) in [6.45, 7) is 2.35. The summed E-state index contributed by atoms with van der Waals surface area (Å²) in [5.74, 6) is 0. The van der Waals surface area contributed by atoms with Gasteiger partial charge in [0.2, 0.25) is 0 Å². The highest BCUT2D eigenvalue weighted by Gasteiger charge is 2.26. The monoisotopic (exact) mass is 305 g/mol. The number of ether oxygens (including phenoxy) is 1. The highest BCUT2D eigenvalue weighted by atomic mass is 35.5. The molecule has 106 valence electrons. The van der Waals surface area contributed by atoms with Crippen LogP contribution >= 0.6 is 23.2 Å². The largest absolute Gasteiger partial charge is 0.394 e. The van der Waals surface area contributed by atoms with Crippen molar-refractivity contribution in [1.29, 1.82) is 0 Å². The molecule has 1 fully saturated rings. The third kappa shape index (κ3) is 4.05. The van der Waals surface area contributed by atoms with Gasteiger partial charge < -0.3 is 14.9 Å². The van der Waals surface area contributed by atoms with E-state index in [4.69, 9.17) is 33.0 Å². The van der Waals surface area contributed by atoms with Crippen LogP contribution in [0, 0.1) is 0 Å². The average molecular weight is 306 g/mol. The number of hydrogen-bond donors (Lipinski definition) is 2. The van der Waals surface area contributed by atoms with Crippen LogP contribution in [0.15, 0.2) is 18.2 Å². The Morgan fingerprint density at radius 2 is 2.16 bits per heavy atom. The van der Waals surface area contributed by atoms with Crippen molar-refractivity contribution >= 4 is 23.2 Å². The molecule has 4 nitrogen and oxygen atoms in total. The highest BCUT2D eigenvalue weighted by Crippen LogP contribution is 2.23. The van der Waals surface area contributed by atoms with Gasteiger partial charge in [-0.2, -0.15) is 0 Å². The molecule has 0 amide bonds. The molecule has 0 spiro atoms. The lowest BCUT2D eigenvalue weighted by molar-refractivity contribution is -0.103. The van der Waals surface area contributed by atoms with Crippen LogP contribution in [0.3, 0.4) is 0 Å². The Balaban J connectivity index is 1.96. The zero-order valence-electron chi connectivity index (χ0n) is 10.4. The predicted molar refractivity (Wildman–Crippen MR) is 74.6 cm³/mol. The Bertz CT molecular complexity index is 430. The summed E-state index contributed by atoms with van der Waals surface area (Å²) in [6, 6.07) is 5.55. The normalized spacial score (nSPS) is 22.4. The van der Waals surface area contributed by atoms with E-state index in [2.05, 4.69) is 4.90 Å². The first kappa shape index (κ1) is 15.0. The number of benzene rings is 1. The minimum Gasteiger partial charge on any atom is -0.394 e. The summed E-state index contributed by atoms with van der Waals surface area (Å²) in [4.78, 5) is 2.16. The van der Waals surface area contributed by atoms with E-state index in [1.165, 1.54) is 0 Å². The van der Waals surface area contributed by atoms with Crippen molar-refractivity contribution in [2.75, 3.05) is 26.3 Å². The van der Waals surface area contributed by atoms with E-state index in [0.717, 1.165) is 18.7 Å². The van der Waals surface area contributed by atoms with E-state index in [1.807, 2.05) is 12.1 Å². The highest BCUT2D eigenvalue weighted by molar-refractivity contribution is 6.42. The molecule has 1 unspecified atom stereocenters. The van der Waals surface area contributed by atoms with E-state index in [1.54, 1.807) is 6.07 Å². The molecule has 0 bridgehead atoms. The standard InChI is InChI=1S/C13H17Cl2NO3/c14-10-2-1-9(5-11(10)15)6-16-3-4-19-13(7-16)12(18)8-17/h1-2,5,12-13,17-18H,3-4,6-8H2/t12?,13-/m1/s1. The number of rotatable bonds is 4. The van der Waals surface area contributed by atoms with E-state index < -0.39 is 6.10 Å². The number of morpholine rings is 1. The van der Waals surface area contributed by atoms with Crippen LogP contribution in [0.25, 0.3) is 0 Å². The Morgan fingerprint density at radius 3 is 2.84 bits per heavy atom. The molecule has 1 aliphatic heterocycles. The maximum Gasteiger partial charge on any atom is 0.104 e. The number of halogens is 2. The SMILES string of the molecule is OCC(O)[C@H]1CN(Cc2ccc(Cl)c(Cl)c2)CCO1. The molecule has 1 aromatic rings. The summed E-state index contributed by atoms with van der Waals surface area (Å²) in [5, 5.41) is 19.6. The van der Waals surface area contributed by atoms with E-state index in [0.29, 0.717) is 23.2 Å². The van der Waals surface area contributed by atoms with Crippen LogP contribution in [-0.4, -0.2) is 53.6 Å². The topological polar surface area (TPSA) is 52.9 Å². The lowest BCUT2D eigenvalue weighted by Crippen LogP contribution is -2.48. The zero-order chi connectivity index (χ0) is 13.8. The second-order valence-electron chi connectivity index (χ2n) is 4.64. The molecule has 2 atom stereocenters. The van der Waals surface area contributed by atoms with Gasteiger partial charge in [0.15, 0.2) is 0 Å². The third-order valence-electron chi connectivity index (χ3n) is 3.18. The van der Waals surface area contributed by atoms with Crippen molar-refractivity contribution in [3.63, 3.8) is 0 Å². The molecule has 1 heterocycles. The van der Waals surface area contributed by atoms with Crippen LogP contribution < -0.4 is 0 Å². The first-order valence-electron chi connectivity index (χ1n) is 6.17. The predicted octanol–water partition coefficient (Wildman–Crippen LogP) is 1.55. The van der Waals surface area contributed by atoms with Gasteiger partial charge in [0.1, 0.15) is 6.10 Å². The van der Waals surface area contributed by atoms with Gasteiger partial charge in [0, 0.05) is 19.6 Å². The second kappa shape index (κ2) is 6.88. The summed E-state index contributed by atoms with van der Waals surface area (Å²) in [6.07, 6.45) is -1.18. The molecular formula is C13H17Cl2NO3. The fourth-order valence-corrected chi connectivity index (χ4v) is 2.44. The molecule has 0 radical (unpaired) electrons. The van der Waals surface area contributed by atoms with E-state index in [-0.39, 0.29) is 12.7 Å². The van der Waals surface area contributed by atoms with Crippen molar-refractivity contribution in [2.24, 2.45) is 0 Å². The van der Waals surface area contributed by atoms with Crippen LogP contribution in [-0.2, 0) is 11.3 Å². The zero-order valence-corrected chi connectivity index (χ0v) is 11.9. The smallest absolute Gasteiger partial charge is 0.104 e. The van der Waals surface area contributed by atoms with E-state index >= 15 is 0 Å². The van der Waals surface area contributed by atoms with Crippen LogP contribution in [0.5, 0.6) is 0 Å². The van der Waals surface area contributed by atoms with Gasteiger partial charge in [0.25, 0.3) is 0 Å². The Kier molecular flexibility index (Phi) is 5.45. The molecule has 0 saturated carbocycles. The lowest BCUT2D eigenvalue weighted by Gasteiger charge is -2.34. The molecule has 0 aliphatic carbocycles. The van der Waals surface area contributed by atoms with Crippen molar-refractivity contribution in [3.05, 3.63) is 33.8 Å². The van der Waals surface area contributed by atoms with Gasteiger partial charge in [-0.05, 0) is 17.7 Å². The molecule has 2 N–H and O–H groups in total. The number of aliphatic hydroxyl groups excluding tert-OH is 2. The molecule has 1 saturated heterocycles. The van der Waals surface area contributed by atoms with Crippen molar-refractivity contribution in [1.82, 2.24) is 4.90 Å². The first-order valence-corrected chi connectivity index (χ1v) is 6.92. The molecular weight excluding hydrogens is 289 g/mol. The van der Waals surface area contributed by atoms with Crippen LogP contribution in [0.4, 0.5) is 0 Å². The van der Waals surface area contributed by atoms with Crippen molar-refractivity contribution < 1.29 is 14.9 Å². The number of nitrogens with zero attached hydrogens (tertiary/aromatic N) is 1. The molecule has 1 aliphatic rings. The van der Waals surface area contributed by atoms with Gasteiger partial charge in [-0.25, -0.2) is 0 Å². The third-order valence-corrected chi connectivity index (χ3v) is 3.92. The Morgan fingerprint density at radius 1 is 1.37 bits per heavy atom. The molecule has 1 aromatic carbocycles. The van der Waals surface area contributed by atoms with Crippen LogP contribution in [0.1, 0.15) is 5.56 Å². The van der Waals surface area contributed by atoms with Gasteiger partial charge >= 0.3 is 0 Å². The van der Waals surface area contributed by atoms with Crippen molar-refractivity contribution in [2.45, 2.75) is 18.8 Å².